The topological polar surface area (TPSA) is 35.2 Å². The lowest BCUT2D eigenvalue weighted by atomic mass is 9.97. The van der Waals surface area contributed by atoms with Gasteiger partial charge in [0.1, 0.15) is 0 Å². The van der Waals surface area contributed by atoms with Crippen LogP contribution in [0.2, 0.25) is 0 Å². The van der Waals surface area contributed by atoms with Crippen molar-refractivity contribution in [1.29, 1.82) is 0 Å². The van der Waals surface area contributed by atoms with Crippen molar-refractivity contribution in [3.63, 3.8) is 0 Å². The summed E-state index contributed by atoms with van der Waals surface area (Å²) in [7, 11) is 0. The Kier molecular flexibility index (Phi) is 3.67. The lowest BCUT2D eigenvalue weighted by molar-refractivity contribution is 0.0983. The number of hydrogen-bond donors (Lipinski definition) is 1. The number of aryl methyl sites for hydroxylation is 2. The molecule has 0 radical (unpaired) electrons. The van der Waals surface area contributed by atoms with Crippen molar-refractivity contribution in [3.05, 3.63) is 34.9 Å². The van der Waals surface area contributed by atoms with Crippen molar-refractivity contribution in [2.45, 2.75) is 57.1 Å². The highest BCUT2D eigenvalue weighted by Gasteiger charge is 2.19. The monoisotopic (exact) mass is 245 g/mol. The van der Waals surface area contributed by atoms with Crippen LogP contribution in [0.5, 0.6) is 0 Å². The van der Waals surface area contributed by atoms with E-state index < -0.39 is 0 Å². The first-order chi connectivity index (χ1) is 8.81. The average Bonchev–Trinajstić information content (AvgIpc) is 2.98. The number of nitrogens with two attached hydrogens (primary N) is 1. The van der Waals surface area contributed by atoms with Gasteiger partial charge in [-0.3, -0.25) is 0 Å². The standard InChI is InChI=1S/C16H23NO/c17-15(11-16-5-2-8-18-16)10-12-6-7-13-3-1-4-14(13)9-12/h6-7,9,15-16H,1-5,8,10-11,17H2. The molecule has 2 unspecified atom stereocenters. The molecule has 0 amide bonds. The average molecular weight is 245 g/mol. The molecule has 2 aliphatic rings. The molecule has 1 saturated heterocycles. The molecule has 0 spiro atoms. The van der Waals surface area contributed by atoms with Crippen LogP contribution < -0.4 is 5.73 Å². The van der Waals surface area contributed by atoms with E-state index in [9.17, 15) is 0 Å². The number of benzene rings is 1. The molecule has 2 heteroatoms. The maximum absolute atomic E-state index is 6.25. The Morgan fingerprint density at radius 3 is 2.94 bits per heavy atom. The van der Waals surface area contributed by atoms with Gasteiger partial charge in [0.05, 0.1) is 6.10 Å². The minimum atomic E-state index is 0.243. The second kappa shape index (κ2) is 5.41. The van der Waals surface area contributed by atoms with E-state index in [1.807, 2.05) is 0 Å². The number of rotatable bonds is 4. The molecule has 0 aromatic heterocycles. The third kappa shape index (κ3) is 2.76. The third-order valence-electron chi connectivity index (χ3n) is 4.25. The Balaban J connectivity index is 1.58. The second-order valence-corrected chi connectivity index (χ2v) is 5.79. The van der Waals surface area contributed by atoms with E-state index in [2.05, 4.69) is 18.2 Å². The Bertz CT molecular complexity index is 410. The van der Waals surface area contributed by atoms with Crippen molar-refractivity contribution in [2.24, 2.45) is 5.73 Å². The van der Waals surface area contributed by atoms with E-state index in [1.54, 1.807) is 11.1 Å². The number of hydrogen-bond acceptors (Lipinski definition) is 2. The third-order valence-corrected chi connectivity index (χ3v) is 4.25. The fourth-order valence-electron chi connectivity index (χ4n) is 3.31. The SMILES string of the molecule is NC(Cc1ccc2c(c1)CCC2)CC1CCCO1. The van der Waals surface area contributed by atoms with Crippen molar-refractivity contribution in [3.8, 4) is 0 Å². The molecule has 3 rings (SSSR count). The van der Waals surface area contributed by atoms with Crippen LogP contribution in [-0.4, -0.2) is 18.8 Å². The van der Waals surface area contributed by atoms with Crippen LogP contribution in [0.15, 0.2) is 18.2 Å². The summed E-state index contributed by atoms with van der Waals surface area (Å²) in [6.07, 6.45) is 8.65. The Labute approximate surface area is 110 Å². The quantitative estimate of drug-likeness (QED) is 0.885. The Hall–Kier alpha value is -0.860. The van der Waals surface area contributed by atoms with Crippen LogP contribution in [0, 0.1) is 0 Å². The summed E-state index contributed by atoms with van der Waals surface area (Å²) in [5.74, 6) is 0. The zero-order valence-electron chi connectivity index (χ0n) is 11.0. The van der Waals surface area contributed by atoms with Crippen molar-refractivity contribution in [2.75, 3.05) is 6.61 Å². The fourth-order valence-corrected chi connectivity index (χ4v) is 3.31. The van der Waals surface area contributed by atoms with Gasteiger partial charge in [0, 0.05) is 12.6 Å². The molecule has 1 aliphatic carbocycles. The zero-order valence-corrected chi connectivity index (χ0v) is 11.0. The van der Waals surface area contributed by atoms with Gasteiger partial charge in [-0.15, -0.1) is 0 Å². The van der Waals surface area contributed by atoms with Gasteiger partial charge in [0.25, 0.3) is 0 Å². The van der Waals surface area contributed by atoms with Crippen LogP contribution in [-0.2, 0) is 24.0 Å². The molecular formula is C16H23NO. The van der Waals surface area contributed by atoms with Gasteiger partial charge in [0.2, 0.25) is 0 Å². The molecule has 2 atom stereocenters. The molecule has 1 heterocycles. The van der Waals surface area contributed by atoms with Crippen LogP contribution in [0.25, 0.3) is 0 Å². The van der Waals surface area contributed by atoms with E-state index in [0.29, 0.717) is 6.10 Å². The van der Waals surface area contributed by atoms with Crippen molar-refractivity contribution in [1.82, 2.24) is 0 Å². The van der Waals surface area contributed by atoms with Gasteiger partial charge in [0.15, 0.2) is 0 Å². The summed E-state index contributed by atoms with van der Waals surface area (Å²) >= 11 is 0. The lowest BCUT2D eigenvalue weighted by Gasteiger charge is -2.16. The lowest BCUT2D eigenvalue weighted by Crippen LogP contribution is -2.28. The molecule has 1 fully saturated rings. The predicted molar refractivity (Wildman–Crippen MR) is 73.7 cm³/mol. The highest BCUT2D eigenvalue weighted by atomic mass is 16.5. The molecule has 2 N–H and O–H groups in total. The van der Waals surface area contributed by atoms with Crippen molar-refractivity contribution >= 4 is 0 Å². The molecule has 98 valence electrons. The summed E-state index contributed by atoms with van der Waals surface area (Å²) in [5, 5.41) is 0. The van der Waals surface area contributed by atoms with E-state index in [0.717, 1.165) is 19.4 Å². The number of fused-ring (bicyclic) bond motifs is 1. The van der Waals surface area contributed by atoms with E-state index in [-0.39, 0.29) is 6.04 Å². The van der Waals surface area contributed by atoms with Crippen LogP contribution in [0.1, 0.15) is 42.4 Å². The summed E-state index contributed by atoms with van der Waals surface area (Å²) in [6.45, 7) is 0.927. The van der Waals surface area contributed by atoms with Crippen molar-refractivity contribution < 1.29 is 4.74 Å². The Morgan fingerprint density at radius 2 is 2.11 bits per heavy atom. The molecule has 1 aliphatic heterocycles. The van der Waals surface area contributed by atoms with Gasteiger partial charge in [-0.2, -0.15) is 0 Å². The Morgan fingerprint density at radius 1 is 1.22 bits per heavy atom. The highest BCUT2D eigenvalue weighted by Crippen LogP contribution is 2.24. The van der Waals surface area contributed by atoms with E-state index in [1.165, 1.54) is 37.7 Å². The largest absolute Gasteiger partial charge is 0.378 e. The molecule has 0 saturated carbocycles. The maximum Gasteiger partial charge on any atom is 0.0590 e. The van der Waals surface area contributed by atoms with Gasteiger partial charge >= 0.3 is 0 Å². The number of ether oxygens (including phenoxy) is 1. The summed E-state index contributed by atoms with van der Waals surface area (Å²) in [6, 6.07) is 7.18. The first-order valence-electron chi connectivity index (χ1n) is 7.29. The summed E-state index contributed by atoms with van der Waals surface area (Å²) in [4.78, 5) is 0. The zero-order chi connectivity index (χ0) is 12.4. The normalized spacial score (nSPS) is 24.2. The van der Waals surface area contributed by atoms with Crippen LogP contribution in [0.3, 0.4) is 0 Å². The first kappa shape index (κ1) is 12.2. The first-order valence-corrected chi connectivity index (χ1v) is 7.29. The predicted octanol–water partition coefficient (Wildman–Crippen LogP) is 2.61. The van der Waals surface area contributed by atoms with E-state index in [4.69, 9.17) is 10.5 Å². The minimum absolute atomic E-state index is 0.243. The summed E-state index contributed by atoms with van der Waals surface area (Å²) < 4.78 is 5.66. The van der Waals surface area contributed by atoms with Gasteiger partial charge in [-0.1, -0.05) is 18.2 Å². The van der Waals surface area contributed by atoms with Crippen LogP contribution >= 0.6 is 0 Å². The molecule has 2 nitrogen and oxygen atoms in total. The maximum atomic E-state index is 6.25. The molecule has 0 bridgehead atoms. The van der Waals surface area contributed by atoms with Crippen LogP contribution in [0.4, 0.5) is 0 Å². The van der Waals surface area contributed by atoms with Gasteiger partial charge in [-0.25, -0.2) is 0 Å². The summed E-state index contributed by atoms with van der Waals surface area (Å²) in [5.41, 5.74) is 10.8. The van der Waals surface area contributed by atoms with Gasteiger partial charge in [-0.05, 0) is 61.6 Å². The highest BCUT2D eigenvalue weighted by molar-refractivity contribution is 5.35. The molecule has 1 aromatic carbocycles. The van der Waals surface area contributed by atoms with Gasteiger partial charge < -0.3 is 10.5 Å². The molecule has 18 heavy (non-hydrogen) atoms. The fraction of sp³-hybridized carbons (Fsp3) is 0.625. The smallest absolute Gasteiger partial charge is 0.0590 e. The second-order valence-electron chi connectivity index (χ2n) is 5.79. The molecular weight excluding hydrogens is 222 g/mol. The molecule has 1 aromatic rings. The van der Waals surface area contributed by atoms with E-state index >= 15 is 0 Å². The minimum Gasteiger partial charge on any atom is -0.378 e.